The second-order valence-electron chi connectivity index (χ2n) is 5.25. The number of benzene rings is 1. The quantitative estimate of drug-likeness (QED) is 0.799. The van der Waals surface area contributed by atoms with Crippen molar-refractivity contribution in [2.45, 2.75) is 17.9 Å². The number of likely N-dealkylation sites (N-methyl/N-ethyl adjacent to an activating group) is 1. The molecule has 0 unspecified atom stereocenters. The van der Waals surface area contributed by atoms with E-state index < -0.39 is 10.0 Å². The van der Waals surface area contributed by atoms with E-state index in [9.17, 15) is 8.42 Å². The maximum absolute atomic E-state index is 12.4. The molecule has 6 nitrogen and oxygen atoms in total. The molecule has 0 amide bonds. The van der Waals surface area contributed by atoms with Crippen LogP contribution >= 0.6 is 0 Å². The Hall–Kier alpha value is -1.83. The van der Waals surface area contributed by atoms with Crippen LogP contribution in [0.25, 0.3) is 0 Å². The molecule has 2 rings (SSSR count). The van der Waals surface area contributed by atoms with Gasteiger partial charge in [0, 0.05) is 6.54 Å². The molecule has 0 fully saturated rings. The molecule has 7 heteroatoms. The molecule has 0 spiro atoms. The Morgan fingerprint density at radius 2 is 1.91 bits per heavy atom. The summed E-state index contributed by atoms with van der Waals surface area (Å²) in [5.74, 6) is 1.36. The molecule has 23 heavy (non-hydrogen) atoms. The molecule has 0 saturated carbocycles. The minimum Gasteiger partial charge on any atom is -0.494 e. The van der Waals surface area contributed by atoms with Crippen molar-refractivity contribution < 1.29 is 17.6 Å². The number of nitrogens with zero attached hydrogens (tertiary/aromatic N) is 1. The molecule has 0 radical (unpaired) electrons. The van der Waals surface area contributed by atoms with Gasteiger partial charge in [-0.05, 0) is 57.4 Å². The molecule has 0 aliphatic rings. The van der Waals surface area contributed by atoms with Gasteiger partial charge in [0.15, 0.2) is 0 Å². The van der Waals surface area contributed by atoms with Crippen LogP contribution in [0.15, 0.2) is 52.0 Å². The van der Waals surface area contributed by atoms with Crippen molar-refractivity contribution in [3.05, 3.63) is 48.4 Å². The Kier molecular flexibility index (Phi) is 5.81. The van der Waals surface area contributed by atoms with Crippen LogP contribution in [-0.2, 0) is 10.0 Å². The molecule has 1 aromatic heterocycles. The van der Waals surface area contributed by atoms with Crippen molar-refractivity contribution in [2.75, 3.05) is 27.2 Å². The number of nitrogens with one attached hydrogen (secondary N) is 1. The SMILES string of the molecule is CCOc1ccc(S(=O)(=O)NC[C@H](c2ccco2)N(C)C)cc1. The Labute approximate surface area is 137 Å². The van der Waals surface area contributed by atoms with E-state index in [1.165, 1.54) is 12.1 Å². The summed E-state index contributed by atoms with van der Waals surface area (Å²) in [5.41, 5.74) is 0. The molecule has 0 aliphatic heterocycles. The molecule has 1 heterocycles. The summed E-state index contributed by atoms with van der Waals surface area (Å²) in [4.78, 5) is 2.11. The van der Waals surface area contributed by atoms with Crippen LogP contribution in [0.2, 0.25) is 0 Å². The van der Waals surface area contributed by atoms with Gasteiger partial charge in [0.1, 0.15) is 11.5 Å². The van der Waals surface area contributed by atoms with E-state index in [1.807, 2.05) is 32.0 Å². The molecular weight excluding hydrogens is 316 g/mol. The molecule has 0 saturated heterocycles. The van der Waals surface area contributed by atoms with Crippen LogP contribution in [0, 0.1) is 0 Å². The topological polar surface area (TPSA) is 71.8 Å². The monoisotopic (exact) mass is 338 g/mol. The van der Waals surface area contributed by atoms with Crippen LogP contribution in [0.5, 0.6) is 5.75 Å². The first-order valence-electron chi connectivity index (χ1n) is 7.36. The van der Waals surface area contributed by atoms with E-state index in [4.69, 9.17) is 9.15 Å². The minimum absolute atomic E-state index is 0.178. The van der Waals surface area contributed by atoms with Crippen LogP contribution in [-0.4, -0.2) is 40.6 Å². The zero-order valence-electron chi connectivity index (χ0n) is 13.5. The van der Waals surface area contributed by atoms with Gasteiger partial charge < -0.3 is 9.15 Å². The predicted octanol–water partition coefficient (Wildman–Crippen LogP) is 2.26. The lowest BCUT2D eigenvalue weighted by Gasteiger charge is -2.22. The van der Waals surface area contributed by atoms with Gasteiger partial charge in [-0.1, -0.05) is 0 Å². The van der Waals surface area contributed by atoms with Crippen LogP contribution in [0.3, 0.4) is 0 Å². The minimum atomic E-state index is -3.59. The number of ether oxygens (including phenoxy) is 1. The molecule has 126 valence electrons. The summed E-state index contributed by atoms with van der Waals surface area (Å²) in [6.07, 6.45) is 1.58. The molecule has 1 aromatic carbocycles. The number of sulfonamides is 1. The lowest BCUT2D eigenvalue weighted by Crippen LogP contribution is -2.34. The van der Waals surface area contributed by atoms with Gasteiger partial charge in [-0.25, -0.2) is 13.1 Å². The first-order chi connectivity index (χ1) is 10.9. The van der Waals surface area contributed by atoms with Gasteiger partial charge in [-0.2, -0.15) is 0 Å². The Morgan fingerprint density at radius 3 is 2.43 bits per heavy atom. The predicted molar refractivity (Wildman–Crippen MR) is 87.9 cm³/mol. The van der Waals surface area contributed by atoms with E-state index in [2.05, 4.69) is 4.72 Å². The summed E-state index contributed by atoms with van der Waals surface area (Å²) in [7, 11) is 0.161. The van der Waals surface area contributed by atoms with Gasteiger partial charge in [0.05, 0.1) is 23.8 Å². The highest BCUT2D eigenvalue weighted by molar-refractivity contribution is 7.89. The molecular formula is C16H22N2O4S. The van der Waals surface area contributed by atoms with E-state index >= 15 is 0 Å². The Balaban J connectivity index is 2.08. The summed E-state index contributed by atoms with van der Waals surface area (Å²) < 4.78 is 38.1. The molecule has 1 atom stereocenters. The van der Waals surface area contributed by atoms with Crippen LogP contribution in [0.1, 0.15) is 18.7 Å². The fourth-order valence-electron chi connectivity index (χ4n) is 2.17. The Morgan fingerprint density at radius 1 is 1.22 bits per heavy atom. The summed E-state index contributed by atoms with van der Waals surface area (Å²) >= 11 is 0. The third-order valence-electron chi connectivity index (χ3n) is 3.41. The highest BCUT2D eigenvalue weighted by Crippen LogP contribution is 2.20. The highest BCUT2D eigenvalue weighted by Gasteiger charge is 2.21. The molecule has 2 aromatic rings. The second-order valence-corrected chi connectivity index (χ2v) is 7.02. The highest BCUT2D eigenvalue weighted by atomic mass is 32.2. The molecule has 0 aliphatic carbocycles. The largest absolute Gasteiger partial charge is 0.494 e. The zero-order chi connectivity index (χ0) is 16.9. The zero-order valence-corrected chi connectivity index (χ0v) is 14.3. The standard InChI is InChI=1S/C16H22N2O4S/c1-4-21-13-7-9-14(10-8-13)23(19,20)17-12-15(18(2)3)16-6-5-11-22-16/h5-11,15,17H,4,12H2,1-3H3/t15-/m1/s1. The number of hydrogen-bond acceptors (Lipinski definition) is 5. The van der Waals surface area contributed by atoms with Crippen molar-refractivity contribution >= 4 is 10.0 Å². The van der Waals surface area contributed by atoms with Crippen molar-refractivity contribution in [3.8, 4) is 5.75 Å². The van der Waals surface area contributed by atoms with E-state index in [-0.39, 0.29) is 17.5 Å². The van der Waals surface area contributed by atoms with E-state index in [0.29, 0.717) is 18.1 Å². The van der Waals surface area contributed by atoms with Crippen molar-refractivity contribution in [1.29, 1.82) is 0 Å². The van der Waals surface area contributed by atoms with Crippen molar-refractivity contribution in [1.82, 2.24) is 9.62 Å². The van der Waals surface area contributed by atoms with Gasteiger partial charge in [-0.15, -0.1) is 0 Å². The number of furan rings is 1. The van der Waals surface area contributed by atoms with Crippen molar-refractivity contribution in [2.24, 2.45) is 0 Å². The average Bonchev–Trinajstić information content (AvgIpc) is 3.02. The summed E-state index contributed by atoms with van der Waals surface area (Å²) in [6, 6.07) is 9.79. The lowest BCUT2D eigenvalue weighted by molar-refractivity contribution is 0.259. The maximum Gasteiger partial charge on any atom is 0.240 e. The van der Waals surface area contributed by atoms with Crippen molar-refractivity contribution in [3.63, 3.8) is 0 Å². The van der Waals surface area contributed by atoms with E-state index in [0.717, 1.165) is 0 Å². The smallest absolute Gasteiger partial charge is 0.240 e. The van der Waals surface area contributed by atoms with Gasteiger partial charge in [0.25, 0.3) is 0 Å². The summed E-state index contributed by atoms with van der Waals surface area (Å²) in [5, 5.41) is 0. The maximum atomic E-state index is 12.4. The third-order valence-corrected chi connectivity index (χ3v) is 4.85. The fraction of sp³-hybridized carbons (Fsp3) is 0.375. The lowest BCUT2D eigenvalue weighted by atomic mass is 10.2. The first kappa shape index (κ1) is 17.5. The third kappa shape index (κ3) is 4.57. The molecule has 0 bridgehead atoms. The number of rotatable bonds is 8. The summed E-state index contributed by atoms with van der Waals surface area (Å²) in [6.45, 7) is 2.64. The van der Waals surface area contributed by atoms with Gasteiger partial charge in [-0.3, -0.25) is 4.90 Å². The second kappa shape index (κ2) is 7.63. The van der Waals surface area contributed by atoms with Crippen LogP contribution < -0.4 is 9.46 Å². The Bertz CT molecular complexity index is 694. The first-order valence-corrected chi connectivity index (χ1v) is 8.84. The van der Waals surface area contributed by atoms with Crippen LogP contribution in [0.4, 0.5) is 0 Å². The number of hydrogen-bond donors (Lipinski definition) is 1. The average molecular weight is 338 g/mol. The van der Waals surface area contributed by atoms with E-state index in [1.54, 1.807) is 24.5 Å². The van der Waals surface area contributed by atoms with Gasteiger partial charge >= 0.3 is 0 Å². The fourth-order valence-corrected chi connectivity index (χ4v) is 3.21. The van der Waals surface area contributed by atoms with Gasteiger partial charge in [0.2, 0.25) is 10.0 Å². The normalized spacial score (nSPS) is 13.2. The molecule has 1 N–H and O–H groups in total.